The van der Waals surface area contributed by atoms with Gasteiger partial charge in [-0.3, -0.25) is 0 Å². The Kier molecular flexibility index (Phi) is 3.17. The molecule has 4 atom stereocenters. The zero-order valence-corrected chi connectivity index (χ0v) is 13.5. The van der Waals surface area contributed by atoms with E-state index in [2.05, 4.69) is 20.8 Å². The first-order chi connectivity index (χ1) is 9.80. The predicted molar refractivity (Wildman–Crippen MR) is 81.3 cm³/mol. The summed E-state index contributed by atoms with van der Waals surface area (Å²) in [5, 5.41) is 9.83. The highest BCUT2D eigenvalue weighted by atomic mass is 16.7. The molecule has 1 saturated heterocycles. The zero-order valence-electron chi connectivity index (χ0n) is 13.5. The third-order valence-electron chi connectivity index (χ3n) is 5.50. The van der Waals surface area contributed by atoms with Gasteiger partial charge in [-0.1, -0.05) is 0 Å². The summed E-state index contributed by atoms with van der Waals surface area (Å²) in [6, 6.07) is 3.34. The fourth-order valence-corrected chi connectivity index (χ4v) is 4.47. The Morgan fingerprint density at radius 2 is 1.95 bits per heavy atom. The van der Waals surface area contributed by atoms with Crippen LogP contribution in [0.3, 0.4) is 0 Å². The van der Waals surface area contributed by atoms with Crippen molar-refractivity contribution in [2.24, 2.45) is 11.8 Å². The van der Waals surface area contributed by atoms with Crippen LogP contribution in [0.25, 0.3) is 0 Å². The molecule has 2 aliphatic heterocycles. The van der Waals surface area contributed by atoms with Gasteiger partial charge in [-0.05, 0) is 52.2 Å². The number of ether oxygens (including phenoxy) is 3. The first-order valence-electron chi connectivity index (χ1n) is 7.67. The minimum Gasteiger partial charge on any atom is -0.508 e. The second-order valence-electron chi connectivity index (χ2n) is 7.38. The monoisotopic (exact) mass is 308 g/mol. The van der Waals surface area contributed by atoms with Crippen LogP contribution in [0, 0.1) is 18.8 Å². The quantitative estimate of drug-likeness (QED) is 0.799. The minimum atomic E-state index is -0.297. The Morgan fingerprint density at radius 3 is 2.68 bits per heavy atom. The fourth-order valence-electron chi connectivity index (χ4n) is 4.47. The molecule has 1 aliphatic carbocycles. The number of hydrogen-bond donors (Lipinski definition) is 1. The number of benzene rings is 1. The van der Waals surface area contributed by atoms with Gasteiger partial charge >= 0.3 is 0 Å². The Morgan fingerprint density at radius 1 is 1.23 bits per heavy atom. The molecular formula is C17H24O5. The summed E-state index contributed by atoms with van der Waals surface area (Å²) in [6.45, 7) is 8.36. The van der Waals surface area contributed by atoms with E-state index in [9.17, 15) is 5.11 Å². The second kappa shape index (κ2) is 4.52. The lowest BCUT2D eigenvalue weighted by Crippen LogP contribution is -2.42. The molecule has 3 aliphatic rings. The second-order valence-corrected chi connectivity index (χ2v) is 7.38. The Hall–Kier alpha value is -1.46. The molecule has 2 heterocycles. The molecule has 0 radical (unpaired) electrons. The van der Waals surface area contributed by atoms with E-state index in [0.717, 1.165) is 18.4 Å². The molecule has 0 unspecified atom stereocenters. The summed E-state index contributed by atoms with van der Waals surface area (Å²) in [5.41, 5.74) is 0.395. The molecule has 0 bridgehead atoms. The maximum Gasteiger partial charge on any atom is 0.207 e. The van der Waals surface area contributed by atoms with Crippen LogP contribution >= 0.6 is 0 Å². The smallest absolute Gasteiger partial charge is 0.207 e. The maximum absolute atomic E-state index is 9.83. The predicted octanol–water partition coefficient (Wildman–Crippen LogP) is 2.57. The van der Waals surface area contributed by atoms with Gasteiger partial charge in [-0.2, -0.15) is 0 Å². The summed E-state index contributed by atoms with van der Waals surface area (Å²) >= 11 is 0. The third kappa shape index (κ3) is 1.92. The van der Waals surface area contributed by atoms with Gasteiger partial charge in [0.25, 0.3) is 0 Å². The van der Waals surface area contributed by atoms with E-state index in [0.29, 0.717) is 17.4 Å². The molecule has 22 heavy (non-hydrogen) atoms. The lowest BCUT2D eigenvalue weighted by atomic mass is 9.81. The Labute approximate surface area is 130 Å². The number of aryl methyl sites for hydroxylation is 1. The van der Waals surface area contributed by atoms with Crippen molar-refractivity contribution in [2.45, 2.75) is 58.0 Å². The van der Waals surface area contributed by atoms with E-state index >= 15 is 0 Å². The molecule has 0 amide bonds. The van der Waals surface area contributed by atoms with Crippen LogP contribution < -0.4 is 9.47 Å². The molecule has 0 spiro atoms. The highest BCUT2D eigenvalue weighted by Gasteiger charge is 2.63. The topological polar surface area (TPSA) is 79.4 Å². The van der Waals surface area contributed by atoms with E-state index in [-0.39, 0.29) is 34.6 Å². The zero-order chi connectivity index (χ0) is 15.0. The number of rotatable bonds is 0. The molecule has 0 aromatic heterocycles. The largest absolute Gasteiger partial charge is 0.508 e. The van der Waals surface area contributed by atoms with E-state index in [1.807, 2.05) is 6.92 Å². The first-order valence-corrected chi connectivity index (χ1v) is 7.67. The molecule has 4 rings (SSSR count). The van der Waals surface area contributed by atoms with Crippen LogP contribution in [-0.2, 0) is 4.74 Å². The molecular weight excluding hydrogens is 284 g/mol. The van der Waals surface area contributed by atoms with Crippen LogP contribution in [0.1, 0.15) is 39.2 Å². The number of phenols is 1. The summed E-state index contributed by atoms with van der Waals surface area (Å²) in [7, 11) is 0. The van der Waals surface area contributed by atoms with Gasteiger partial charge in [0.1, 0.15) is 11.4 Å². The van der Waals surface area contributed by atoms with Gasteiger partial charge in [0.2, 0.25) is 6.29 Å². The van der Waals surface area contributed by atoms with E-state index in [4.69, 9.17) is 14.2 Å². The molecule has 1 aromatic carbocycles. The summed E-state index contributed by atoms with van der Waals surface area (Å²) in [5.74, 6) is 2.20. The SMILES string of the molecule is Cc1cc(O)cc2c1O[C@@H]1OC(C)(C)[C@H]3CC[C@](C)(O2)[C@H]13.O. The average molecular weight is 308 g/mol. The van der Waals surface area contributed by atoms with Gasteiger partial charge in [0.05, 0.1) is 11.5 Å². The van der Waals surface area contributed by atoms with Crippen LogP contribution in [-0.4, -0.2) is 28.1 Å². The number of hydrogen-bond acceptors (Lipinski definition) is 4. The van der Waals surface area contributed by atoms with Crippen LogP contribution in [0.5, 0.6) is 17.2 Å². The summed E-state index contributed by atoms with van der Waals surface area (Å²) in [4.78, 5) is 0. The number of aromatic hydroxyl groups is 1. The normalized spacial score (nSPS) is 37.2. The average Bonchev–Trinajstić information content (AvgIpc) is 2.78. The first kappa shape index (κ1) is 15.4. The third-order valence-corrected chi connectivity index (χ3v) is 5.50. The van der Waals surface area contributed by atoms with Crippen molar-refractivity contribution in [3.63, 3.8) is 0 Å². The van der Waals surface area contributed by atoms with E-state index in [1.165, 1.54) is 0 Å². The van der Waals surface area contributed by atoms with Gasteiger partial charge in [-0.15, -0.1) is 0 Å². The van der Waals surface area contributed by atoms with Crippen LogP contribution in [0.4, 0.5) is 0 Å². The summed E-state index contributed by atoms with van der Waals surface area (Å²) in [6.07, 6.45) is 1.80. The lowest BCUT2D eigenvalue weighted by Gasteiger charge is -2.31. The van der Waals surface area contributed by atoms with E-state index < -0.39 is 0 Å². The summed E-state index contributed by atoms with van der Waals surface area (Å²) < 4.78 is 18.7. The fraction of sp³-hybridized carbons (Fsp3) is 0.647. The molecule has 5 nitrogen and oxygen atoms in total. The maximum atomic E-state index is 9.83. The molecule has 5 heteroatoms. The van der Waals surface area contributed by atoms with Gasteiger partial charge < -0.3 is 24.8 Å². The van der Waals surface area contributed by atoms with Crippen molar-refractivity contribution in [2.75, 3.05) is 0 Å². The molecule has 122 valence electrons. The number of fused-ring (bicyclic) bond motifs is 1. The van der Waals surface area contributed by atoms with Gasteiger partial charge in [-0.25, -0.2) is 0 Å². The van der Waals surface area contributed by atoms with E-state index in [1.54, 1.807) is 12.1 Å². The van der Waals surface area contributed by atoms with Crippen molar-refractivity contribution >= 4 is 0 Å². The molecule has 1 saturated carbocycles. The van der Waals surface area contributed by atoms with Crippen molar-refractivity contribution in [3.05, 3.63) is 17.7 Å². The van der Waals surface area contributed by atoms with Crippen molar-refractivity contribution in [3.8, 4) is 17.2 Å². The van der Waals surface area contributed by atoms with Crippen molar-refractivity contribution < 1.29 is 24.8 Å². The molecule has 3 N–H and O–H groups in total. The van der Waals surface area contributed by atoms with Crippen molar-refractivity contribution in [1.29, 1.82) is 0 Å². The molecule has 2 fully saturated rings. The Bertz CT molecular complexity index is 611. The standard InChI is InChI=1S/C17H22O4.H2O/c1-9-7-10(18)8-12-14(9)19-15-13-11(16(2,3)21-15)5-6-17(13,4)20-12;/h7-8,11,13,15,18H,5-6H2,1-4H3;1H2/t11-,13-,15+,17-;/m0./s1. The highest BCUT2D eigenvalue weighted by Crippen LogP contribution is 2.58. The highest BCUT2D eigenvalue weighted by molar-refractivity contribution is 5.52. The Balaban J connectivity index is 0.00000144. The molecule has 1 aromatic rings. The van der Waals surface area contributed by atoms with Crippen molar-refractivity contribution in [1.82, 2.24) is 0 Å². The van der Waals surface area contributed by atoms with Gasteiger partial charge in [0, 0.05) is 12.0 Å². The lowest BCUT2D eigenvalue weighted by molar-refractivity contribution is -0.136. The van der Waals surface area contributed by atoms with Crippen LogP contribution in [0.15, 0.2) is 12.1 Å². The minimum absolute atomic E-state index is 0. The van der Waals surface area contributed by atoms with Crippen LogP contribution in [0.2, 0.25) is 0 Å². The van der Waals surface area contributed by atoms with Gasteiger partial charge in [0.15, 0.2) is 11.5 Å². The number of phenolic OH excluding ortho intramolecular Hbond substituents is 1.